The highest BCUT2D eigenvalue weighted by molar-refractivity contribution is 5.63. The molecule has 0 N–H and O–H groups in total. The molecule has 1 nitrogen and oxygen atoms in total. The molecule has 0 spiro atoms. The van der Waals surface area contributed by atoms with Crippen LogP contribution in [0.3, 0.4) is 0 Å². The number of hydrogen-bond acceptors (Lipinski definition) is 1. The van der Waals surface area contributed by atoms with Crippen molar-refractivity contribution in [2.45, 2.75) is 20.3 Å². The molecule has 18 heavy (non-hydrogen) atoms. The number of benzene rings is 2. The molecule has 0 aliphatic rings. The Balaban J connectivity index is 2.02. The first kappa shape index (κ1) is 12.7. The van der Waals surface area contributed by atoms with Gasteiger partial charge in [-0.25, -0.2) is 0 Å². The second kappa shape index (κ2) is 6.25. The fourth-order valence-electron chi connectivity index (χ4n) is 1.73. The van der Waals surface area contributed by atoms with Crippen LogP contribution in [-0.2, 0) is 0 Å². The maximum atomic E-state index is 5.75. The molecule has 0 saturated carbocycles. The molecule has 0 bridgehead atoms. The molecule has 0 saturated heterocycles. The third kappa shape index (κ3) is 3.36. The third-order valence-electron chi connectivity index (χ3n) is 3.19. The van der Waals surface area contributed by atoms with Crippen molar-refractivity contribution in [3.05, 3.63) is 54.6 Å². The van der Waals surface area contributed by atoms with Gasteiger partial charge in [0, 0.05) is 0 Å². The van der Waals surface area contributed by atoms with E-state index in [1.54, 1.807) is 0 Å². The van der Waals surface area contributed by atoms with Gasteiger partial charge in [-0.3, -0.25) is 0 Å². The van der Waals surface area contributed by atoms with Gasteiger partial charge in [-0.15, -0.1) is 0 Å². The van der Waals surface area contributed by atoms with Gasteiger partial charge in [-0.2, -0.15) is 0 Å². The maximum Gasteiger partial charge on any atom is 0.119 e. The standard InChI is InChI=1S/C17H20O/c1-3-14(2)13-18-17-11-9-16(10-12-17)15-7-5-4-6-8-15/h4-12,14H,3,13H2,1-2H3. The van der Waals surface area contributed by atoms with Crippen molar-refractivity contribution in [3.63, 3.8) is 0 Å². The fraction of sp³-hybridized carbons (Fsp3) is 0.294. The minimum Gasteiger partial charge on any atom is -0.493 e. The van der Waals surface area contributed by atoms with E-state index < -0.39 is 0 Å². The van der Waals surface area contributed by atoms with Gasteiger partial charge in [0.15, 0.2) is 0 Å². The molecule has 0 amide bonds. The molecular weight excluding hydrogens is 220 g/mol. The molecule has 2 rings (SSSR count). The van der Waals surface area contributed by atoms with Crippen LogP contribution in [0.2, 0.25) is 0 Å². The molecule has 94 valence electrons. The molecule has 0 aliphatic heterocycles. The number of ether oxygens (including phenoxy) is 1. The highest BCUT2D eigenvalue weighted by Crippen LogP contribution is 2.22. The summed E-state index contributed by atoms with van der Waals surface area (Å²) < 4.78 is 5.75. The molecule has 0 heterocycles. The van der Waals surface area contributed by atoms with Crippen LogP contribution in [0.25, 0.3) is 11.1 Å². The second-order valence-electron chi connectivity index (χ2n) is 4.71. The van der Waals surface area contributed by atoms with Crippen LogP contribution in [0.4, 0.5) is 0 Å². The average Bonchev–Trinajstić information content (AvgIpc) is 2.46. The lowest BCUT2D eigenvalue weighted by atomic mass is 10.1. The summed E-state index contributed by atoms with van der Waals surface area (Å²) in [6, 6.07) is 18.7. The summed E-state index contributed by atoms with van der Waals surface area (Å²) in [6.45, 7) is 5.19. The van der Waals surface area contributed by atoms with Crippen molar-refractivity contribution in [1.82, 2.24) is 0 Å². The minimum absolute atomic E-state index is 0.610. The lowest BCUT2D eigenvalue weighted by Crippen LogP contribution is -2.06. The van der Waals surface area contributed by atoms with Gasteiger partial charge in [0.05, 0.1) is 6.61 Å². The Morgan fingerprint density at radius 2 is 1.50 bits per heavy atom. The van der Waals surface area contributed by atoms with Gasteiger partial charge in [-0.1, -0.05) is 62.7 Å². The quantitative estimate of drug-likeness (QED) is 0.731. The van der Waals surface area contributed by atoms with Gasteiger partial charge in [0.1, 0.15) is 5.75 Å². The van der Waals surface area contributed by atoms with E-state index in [1.165, 1.54) is 11.1 Å². The van der Waals surface area contributed by atoms with Crippen LogP contribution in [0, 0.1) is 5.92 Å². The summed E-state index contributed by atoms with van der Waals surface area (Å²) in [5.74, 6) is 1.56. The molecule has 2 aromatic carbocycles. The normalized spacial score (nSPS) is 12.1. The van der Waals surface area contributed by atoms with Crippen LogP contribution in [-0.4, -0.2) is 6.61 Å². The first-order valence-corrected chi connectivity index (χ1v) is 6.58. The predicted octanol–water partition coefficient (Wildman–Crippen LogP) is 4.78. The Kier molecular flexibility index (Phi) is 4.40. The Bertz CT molecular complexity index is 459. The largest absolute Gasteiger partial charge is 0.493 e. The molecule has 1 unspecified atom stereocenters. The monoisotopic (exact) mass is 240 g/mol. The zero-order valence-corrected chi connectivity index (χ0v) is 11.1. The topological polar surface area (TPSA) is 9.23 Å². The highest BCUT2D eigenvalue weighted by Gasteiger charge is 2.01. The smallest absolute Gasteiger partial charge is 0.119 e. The van der Waals surface area contributed by atoms with Crippen molar-refractivity contribution >= 4 is 0 Å². The van der Waals surface area contributed by atoms with Crippen LogP contribution in [0.15, 0.2) is 54.6 Å². The van der Waals surface area contributed by atoms with Gasteiger partial charge in [0.2, 0.25) is 0 Å². The molecule has 1 atom stereocenters. The highest BCUT2D eigenvalue weighted by atomic mass is 16.5. The fourth-order valence-corrected chi connectivity index (χ4v) is 1.73. The van der Waals surface area contributed by atoms with Crippen LogP contribution in [0.5, 0.6) is 5.75 Å². The van der Waals surface area contributed by atoms with E-state index in [1.807, 2.05) is 18.2 Å². The van der Waals surface area contributed by atoms with Crippen LogP contribution >= 0.6 is 0 Å². The van der Waals surface area contributed by atoms with E-state index >= 15 is 0 Å². The molecular formula is C17H20O. The Hall–Kier alpha value is -1.76. The Morgan fingerprint density at radius 3 is 2.11 bits per heavy atom. The van der Waals surface area contributed by atoms with Gasteiger partial charge < -0.3 is 4.74 Å². The van der Waals surface area contributed by atoms with Crippen molar-refractivity contribution in [3.8, 4) is 16.9 Å². The molecule has 0 radical (unpaired) electrons. The van der Waals surface area contributed by atoms with E-state index in [0.717, 1.165) is 18.8 Å². The first-order chi connectivity index (χ1) is 8.79. The first-order valence-electron chi connectivity index (χ1n) is 6.58. The summed E-state index contributed by atoms with van der Waals surface area (Å²) in [5, 5.41) is 0. The van der Waals surface area contributed by atoms with E-state index in [-0.39, 0.29) is 0 Å². The predicted molar refractivity (Wildman–Crippen MR) is 76.8 cm³/mol. The van der Waals surface area contributed by atoms with Crippen molar-refractivity contribution in [2.24, 2.45) is 5.92 Å². The zero-order valence-electron chi connectivity index (χ0n) is 11.1. The summed E-state index contributed by atoms with van der Waals surface area (Å²) in [6.07, 6.45) is 1.15. The lowest BCUT2D eigenvalue weighted by molar-refractivity contribution is 0.256. The van der Waals surface area contributed by atoms with Crippen molar-refractivity contribution in [2.75, 3.05) is 6.61 Å². The molecule has 1 heteroatoms. The van der Waals surface area contributed by atoms with E-state index in [0.29, 0.717) is 5.92 Å². The minimum atomic E-state index is 0.610. The van der Waals surface area contributed by atoms with Crippen molar-refractivity contribution < 1.29 is 4.74 Å². The van der Waals surface area contributed by atoms with E-state index in [4.69, 9.17) is 4.74 Å². The molecule has 0 aromatic heterocycles. The van der Waals surface area contributed by atoms with Gasteiger partial charge in [-0.05, 0) is 29.2 Å². The summed E-state index contributed by atoms with van der Waals surface area (Å²) in [5.41, 5.74) is 2.47. The Labute approximate surface area is 109 Å². The van der Waals surface area contributed by atoms with E-state index in [9.17, 15) is 0 Å². The van der Waals surface area contributed by atoms with Gasteiger partial charge in [0.25, 0.3) is 0 Å². The van der Waals surface area contributed by atoms with Crippen molar-refractivity contribution in [1.29, 1.82) is 0 Å². The number of hydrogen-bond donors (Lipinski definition) is 0. The second-order valence-corrected chi connectivity index (χ2v) is 4.71. The summed E-state index contributed by atoms with van der Waals surface area (Å²) in [4.78, 5) is 0. The zero-order chi connectivity index (χ0) is 12.8. The van der Waals surface area contributed by atoms with Gasteiger partial charge >= 0.3 is 0 Å². The third-order valence-corrected chi connectivity index (χ3v) is 3.19. The average molecular weight is 240 g/mol. The van der Waals surface area contributed by atoms with Crippen LogP contribution < -0.4 is 4.74 Å². The summed E-state index contributed by atoms with van der Waals surface area (Å²) >= 11 is 0. The summed E-state index contributed by atoms with van der Waals surface area (Å²) in [7, 11) is 0. The van der Waals surface area contributed by atoms with E-state index in [2.05, 4.69) is 50.2 Å². The SMILES string of the molecule is CCC(C)COc1ccc(-c2ccccc2)cc1. The Morgan fingerprint density at radius 1 is 0.889 bits per heavy atom. The molecule has 0 aliphatic carbocycles. The number of rotatable bonds is 5. The maximum absolute atomic E-state index is 5.75. The lowest BCUT2D eigenvalue weighted by Gasteiger charge is -2.11. The van der Waals surface area contributed by atoms with Crippen LogP contribution in [0.1, 0.15) is 20.3 Å². The molecule has 0 fully saturated rings. The molecule has 2 aromatic rings.